The molecule has 5 nitrogen and oxygen atoms in total. The van der Waals surface area contributed by atoms with Crippen molar-refractivity contribution in [2.75, 3.05) is 19.5 Å². The van der Waals surface area contributed by atoms with E-state index in [9.17, 15) is 14.9 Å². The predicted octanol–water partition coefficient (Wildman–Crippen LogP) is 3.73. The molecule has 110 valence electrons. The number of alkyl halides is 1. The lowest BCUT2D eigenvalue weighted by atomic mass is 10.1. The van der Waals surface area contributed by atoms with Crippen LogP contribution in [-0.4, -0.2) is 35.2 Å². The van der Waals surface area contributed by atoms with Crippen LogP contribution in [0.5, 0.6) is 0 Å². The Kier molecular flexibility index (Phi) is 6.75. The van der Waals surface area contributed by atoms with Gasteiger partial charge >= 0.3 is 0 Å². The molecular weight excluding hydrogens is 303 g/mol. The van der Waals surface area contributed by atoms with Gasteiger partial charge in [0, 0.05) is 30.6 Å². The van der Waals surface area contributed by atoms with Crippen LogP contribution >= 0.6 is 23.2 Å². The minimum atomic E-state index is -0.578. The highest BCUT2D eigenvalue weighted by Gasteiger charge is 2.22. The number of nitro benzene ring substituents is 1. The van der Waals surface area contributed by atoms with Gasteiger partial charge in [0.1, 0.15) is 5.56 Å². The number of amides is 1. The molecule has 0 aliphatic rings. The summed E-state index contributed by atoms with van der Waals surface area (Å²) in [6, 6.07) is 3.98. The van der Waals surface area contributed by atoms with Crippen molar-refractivity contribution in [2.45, 2.75) is 19.3 Å². The zero-order chi connectivity index (χ0) is 15.1. The molecule has 7 heteroatoms. The number of halogens is 2. The highest BCUT2D eigenvalue weighted by atomic mass is 35.5. The normalized spacial score (nSPS) is 10.3. The van der Waals surface area contributed by atoms with Gasteiger partial charge in [-0.25, -0.2) is 0 Å². The largest absolute Gasteiger partial charge is 0.341 e. The fourth-order valence-electron chi connectivity index (χ4n) is 1.77. The minimum Gasteiger partial charge on any atom is -0.341 e. The molecule has 0 N–H and O–H groups in total. The van der Waals surface area contributed by atoms with E-state index in [1.54, 1.807) is 7.05 Å². The maximum atomic E-state index is 12.2. The van der Waals surface area contributed by atoms with E-state index in [4.69, 9.17) is 23.2 Å². The second-order valence-corrected chi connectivity index (χ2v) is 5.21. The Hall–Kier alpha value is -1.33. The number of rotatable bonds is 7. The van der Waals surface area contributed by atoms with E-state index in [-0.39, 0.29) is 11.3 Å². The Bertz CT molecular complexity index is 495. The van der Waals surface area contributed by atoms with Crippen LogP contribution in [0.3, 0.4) is 0 Å². The molecule has 0 heterocycles. The molecule has 1 rings (SSSR count). The summed E-state index contributed by atoms with van der Waals surface area (Å²) in [6.45, 7) is 0.527. The topological polar surface area (TPSA) is 63.5 Å². The average molecular weight is 319 g/mol. The SMILES string of the molecule is CN(CCCCCCl)C(=O)c1cc(Cl)ccc1[N+](=O)[O-]. The molecule has 0 aromatic heterocycles. The molecule has 0 saturated heterocycles. The smallest absolute Gasteiger partial charge is 0.282 e. The van der Waals surface area contributed by atoms with E-state index >= 15 is 0 Å². The van der Waals surface area contributed by atoms with Gasteiger partial charge in [0.2, 0.25) is 0 Å². The predicted molar refractivity (Wildman–Crippen MR) is 79.6 cm³/mol. The quantitative estimate of drug-likeness (QED) is 0.333. The van der Waals surface area contributed by atoms with Crippen LogP contribution in [0, 0.1) is 10.1 Å². The summed E-state index contributed by atoms with van der Waals surface area (Å²) in [4.78, 5) is 24.0. The number of carbonyl (C=O) groups is 1. The minimum absolute atomic E-state index is 0.0161. The molecule has 0 fully saturated rings. The molecule has 0 atom stereocenters. The molecule has 1 aromatic rings. The highest BCUT2D eigenvalue weighted by Crippen LogP contribution is 2.24. The number of benzene rings is 1. The number of unbranched alkanes of at least 4 members (excludes halogenated alkanes) is 2. The molecule has 1 amide bonds. The zero-order valence-corrected chi connectivity index (χ0v) is 12.7. The Morgan fingerprint density at radius 1 is 1.35 bits per heavy atom. The number of carbonyl (C=O) groups excluding carboxylic acids is 1. The van der Waals surface area contributed by atoms with Crippen LogP contribution in [0.25, 0.3) is 0 Å². The zero-order valence-electron chi connectivity index (χ0n) is 11.1. The van der Waals surface area contributed by atoms with Gasteiger partial charge < -0.3 is 4.90 Å². The number of hydrogen-bond acceptors (Lipinski definition) is 3. The third-order valence-electron chi connectivity index (χ3n) is 2.86. The van der Waals surface area contributed by atoms with Gasteiger partial charge in [0.15, 0.2) is 0 Å². The van der Waals surface area contributed by atoms with Crippen LogP contribution in [0.1, 0.15) is 29.6 Å². The fourth-order valence-corrected chi connectivity index (χ4v) is 2.13. The Morgan fingerprint density at radius 2 is 2.05 bits per heavy atom. The van der Waals surface area contributed by atoms with Crippen molar-refractivity contribution in [1.82, 2.24) is 4.90 Å². The Labute approximate surface area is 127 Å². The molecule has 20 heavy (non-hydrogen) atoms. The summed E-state index contributed by atoms with van der Waals surface area (Å²) in [7, 11) is 1.62. The maximum Gasteiger partial charge on any atom is 0.282 e. The van der Waals surface area contributed by atoms with E-state index in [0.29, 0.717) is 17.4 Å². The summed E-state index contributed by atoms with van der Waals surface area (Å²) >= 11 is 11.4. The van der Waals surface area contributed by atoms with Crippen molar-refractivity contribution < 1.29 is 9.72 Å². The van der Waals surface area contributed by atoms with Gasteiger partial charge in [-0.2, -0.15) is 0 Å². The third-order valence-corrected chi connectivity index (χ3v) is 3.36. The van der Waals surface area contributed by atoms with Gasteiger partial charge in [-0.15, -0.1) is 11.6 Å². The summed E-state index contributed by atoms with van der Waals surface area (Å²) in [5.41, 5.74) is -0.214. The summed E-state index contributed by atoms with van der Waals surface area (Å²) in [5, 5.41) is 11.2. The van der Waals surface area contributed by atoms with Crippen LogP contribution in [0.4, 0.5) is 5.69 Å². The van der Waals surface area contributed by atoms with Crippen molar-refractivity contribution in [3.63, 3.8) is 0 Å². The van der Waals surface area contributed by atoms with Gasteiger partial charge in [0.25, 0.3) is 11.6 Å². The monoisotopic (exact) mass is 318 g/mol. The summed E-state index contributed by atoms with van der Waals surface area (Å²) in [5.74, 6) is 0.197. The number of nitro groups is 1. The lowest BCUT2D eigenvalue weighted by Crippen LogP contribution is -2.28. The molecule has 0 saturated carbocycles. The lowest BCUT2D eigenvalue weighted by molar-refractivity contribution is -0.385. The summed E-state index contributed by atoms with van der Waals surface area (Å²) in [6.07, 6.45) is 2.61. The molecule has 0 radical (unpaired) electrons. The van der Waals surface area contributed by atoms with Crippen molar-refractivity contribution in [1.29, 1.82) is 0 Å². The van der Waals surface area contributed by atoms with Crippen LogP contribution in [-0.2, 0) is 0 Å². The first-order chi connectivity index (χ1) is 9.47. The van der Waals surface area contributed by atoms with Crippen molar-refractivity contribution >= 4 is 34.8 Å². The highest BCUT2D eigenvalue weighted by molar-refractivity contribution is 6.31. The number of nitrogens with zero attached hydrogens (tertiary/aromatic N) is 2. The van der Waals surface area contributed by atoms with Crippen molar-refractivity contribution in [3.05, 3.63) is 38.9 Å². The second-order valence-electron chi connectivity index (χ2n) is 4.39. The maximum absolute atomic E-state index is 12.2. The molecule has 0 bridgehead atoms. The molecule has 0 unspecified atom stereocenters. The van der Waals surface area contributed by atoms with Crippen molar-refractivity contribution in [3.8, 4) is 0 Å². The van der Waals surface area contributed by atoms with Gasteiger partial charge in [0.05, 0.1) is 4.92 Å². The van der Waals surface area contributed by atoms with Crippen LogP contribution in [0.2, 0.25) is 5.02 Å². The Balaban J connectivity index is 2.80. The van der Waals surface area contributed by atoms with Gasteiger partial charge in [-0.3, -0.25) is 14.9 Å². The van der Waals surface area contributed by atoms with E-state index in [1.165, 1.54) is 23.1 Å². The Morgan fingerprint density at radius 3 is 2.65 bits per heavy atom. The van der Waals surface area contributed by atoms with E-state index in [0.717, 1.165) is 19.3 Å². The lowest BCUT2D eigenvalue weighted by Gasteiger charge is -2.17. The van der Waals surface area contributed by atoms with Gasteiger partial charge in [-0.05, 0) is 25.0 Å². The summed E-state index contributed by atoms with van der Waals surface area (Å²) < 4.78 is 0. The van der Waals surface area contributed by atoms with Crippen molar-refractivity contribution in [2.24, 2.45) is 0 Å². The standard InChI is InChI=1S/C13H16Cl2N2O3/c1-16(8-4-2-3-7-14)13(18)11-9-10(15)5-6-12(11)17(19)20/h5-6,9H,2-4,7-8H2,1H3. The molecular formula is C13H16Cl2N2O3. The first-order valence-electron chi connectivity index (χ1n) is 6.22. The molecule has 0 aliphatic carbocycles. The van der Waals surface area contributed by atoms with Crippen LogP contribution in [0.15, 0.2) is 18.2 Å². The number of hydrogen-bond donors (Lipinski definition) is 0. The first-order valence-corrected chi connectivity index (χ1v) is 7.14. The van der Waals surface area contributed by atoms with Crippen LogP contribution < -0.4 is 0 Å². The average Bonchev–Trinajstić information content (AvgIpc) is 2.42. The van der Waals surface area contributed by atoms with E-state index in [1.807, 2.05) is 0 Å². The molecule has 0 spiro atoms. The molecule has 1 aromatic carbocycles. The fraction of sp³-hybridized carbons (Fsp3) is 0.462. The first kappa shape index (κ1) is 16.7. The third kappa shape index (κ3) is 4.65. The van der Waals surface area contributed by atoms with E-state index < -0.39 is 10.8 Å². The molecule has 0 aliphatic heterocycles. The van der Waals surface area contributed by atoms with Gasteiger partial charge in [-0.1, -0.05) is 18.0 Å². The van der Waals surface area contributed by atoms with E-state index in [2.05, 4.69) is 0 Å². The second kappa shape index (κ2) is 8.07.